The van der Waals surface area contributed by atoms with Gasteiger partial charge in [0.1, 0.15) is 24.0 Å². The van der Waals surface area contributed by atoms with E-state index in [-0.39, 0.29) is 11.5 Å². The summed E-state index contributed by atoms with van der Waals surface area (Å²) >= 11 is 0. The van der Waals surface area contributed by atoms with E-state index in [1.807, 2.05) is 55.5 Å². The maximum Gasteiger partial charge on any atom is 0.231 e. The molecule has 7 nitrogen and oxygen atoms in total. The van der Waals surface area contributed by atoms with Crippen molar-refractivity contribution < 1.29 is 28.5 Å². The minimum absolute atomic E-state index is 0.135. The summed E-state index contributed by atoms with van der Waals surface area (Å²) in [6, 6.07) is 15.4. The number of nitrogens with zero attached hydrogens (tertiary/aromatic N) is 1. The summed E-state index contributed by atoms with van der Waals surface area (Å²) in [5.41, 5.74) is 4.34. The molecule has 36 heavy (non-hydrogen) atoms. The smallest absolute Gasteiger partial charge is 0.231 e. The van der Waals surface area contributed by atoms with Crippen molar-refractivity contribution in [1.82, 2.24) is 4.90 Å². The molecule has 186 valence electrons. The highest BCUT2D eigenvalue weighted by Gasteiger charge is 2.33. The zero-order valence-corrected chi connectivity index (χ0v) is 20.9. The zero-order valence-electron chi connectivity index (χ0n) is 20.9. The van der Waals surface area contributed by atoms with Gasteiger partial charge in [-0.05, 0) is 49.2 Å². The van der Waals surface area contributed by atoms with Gasteiger partial charge in [-0.15, -0.1) is 0 Å². The van der Waals surface area contributed by atoms with E-state index in [4.69, 9.17) is 23.7 Å². The van der Waals surface area contributed by atoms with Crippen LogP contribution in [0.25, 0.3) is 6.08 Å². The summed E-state index contributed by atoms with van der Waals surface area (Å²) in [6.07, 6.45) is 2.56. The first-order valence-corrected chi connectivity index (χ1v) is 11.8. The predicted molar refractivity (Wildman–Crippen MR) is 136 cm³/mol. The number of hydrogen-bond donors (Lipinski definition) is 0. The molecule has 0 radical (unpaired) electrons. The van der Waals surface area contributed by atoms with Gasteiger partial charge in [-0.3, -0.25) is 9.69 Å². The molecule has 2 aliphatic rings. The van der Waals surface area contributed by atoms with Crippen LogP contribution in [-0.2, 0) is 13.0 Å². The number of para-hydroxylation sites is 1. The third-order valence-corrected chi connectivity index (χ3v) is 6.59. The Balaban J connectivity index is 1.34. The van der Waals surface area contributed by atoms with Crippen LogP contribution in [0.2, 0.25) is 0 Å². The normalized spacial score (nSPS) is 15.7. The highest BCUT2D eigenvalue weighted by Crippen LogP contribution is 2.43. The first-order valence-electron chi connectivity index (χ1n) is 11.8. The van der Waals surface area contributed by atoms with E-state index in [2.05, 4.69) is 4.90 Å². The number of Topliss-reactive ketones (excluding diaryl/α,β-unsaturated/α-hetero) is 1. The van der Waals surface area contributed by atoms with Crippen LogP contribution in [0.3, 0.4) is 0 Å². The standard InChI is InChI=1S/C29H29NO6/c1-18-28-21(16-30(17-35-28)12-11-19-9-10-24(33-3)25(13-19)34-4)14-22-27(31)26(36-29(18)22)15-20-7-5-6-8-23(20)32-2/h5-10,13-15H,11-12,16-17H2,1-4H3/b26-15-. The van der Waals surface area contributed by atoms with Gasteiger partial charge in [-0.25, -0.2) is 0 Å². The van der Waals surface area contributed by atoms with Gasteiger partial charge in [0.2, 0.25) is 5.78 Å². The number of fused-ring (bicyclic) bond motifs is 2. The first-order chi connectivity index (χ1) is 17.5. The molecule has 0 atom stereocenters. The second-order valence-corrected chi connectivity index (χ2v) is 8.81. The molecular formula is C29H29NO6. The molecule has 5 rings (SSSR count). The van der Waals surface area contributed by atoms with Crippen molar-refractivity contribution in [3.05, 3.63) is 82.1 Å². The van der Waals surface area contributed by atoms with Gasteiger partial charge in [0.05, 0.1) is 26.9 Å². The molecule has 0 unspecified atom stereocenters. The van der Waals surface area contributed by atoms with Crippen LogP contribution in [0.1, 0.15) is 32.6 Å². The van der Waals surface area contributed by atoms with Crippen molar-refractivity contribution in [3.8, 4) is 28.7 Å². The summed E-state index contributed by atoms with van der Waals surface area (Å²) in [5, 5.41) is 0. The fourth-order valence-corrected chi connectivity index (χ4v) is 4.69. The number of benzene rings is 3. The summed E-state index contributed by atoms with van der Waals surface area (Å²) in [5.74, 6) is 3.63. The van der Waals surface area contributed by atoms with Crippen LogP contribution in [0.4, 0.5) is 0 Å². The molecule has 0 fully saturated rings. The monoisotopic (exact) mass is 487 g/mol. The number of allylic oxidation sites excluding steroid dienone is 1. The average molecular weight is 488 g/mol. The Morgan fingerprint density at radius 1 is 0.944 bits per heavy atom. The third-order valence-electron chi connectivity index (χ3n) is 6.59. The largest absolute Gasteiger partial charge is 0.496 e. The molecule has 0 amide bonds. The summed E-state index contributed by atoms with van der Waals surface area (Å²) in [7, 11) is 4.88. The van der Waals surface area contributed by atoms with Crippen molar-refractivity contribution >= 4 is 11.9 Å². The second kappa shape index (κ2) is 9.95. The highest BCUT2D eigenvalue weighted by molar-refractivity contribution is 6.15. The lowest BCUT2D eigenvalue weighted by atomic mass is 9.99. The Labute approximate surface area is 210 Å². The molecule has 3 aromatic carbocycles. The Kier molecular flexibility index (Phi) is 6.57. The van der Waals surface area contributed by atoms with Crippen LogP contribution in [-0.4, -0.2) is 45.3 Å². The van der Waals surface area contributed by atoms with E-state index in [0.29, 0.717) is 36.1 Å². The Hall–Kier alpha value is -3.97. The van der Waals surface area contributed by atoms with Gasteiger partial charge in [0, 0.05) is 29.8 Å². The molecule has 3 aromatic rings. The molecule has 2 heterocycles. The fourth-order valence-electron chi connectivity index (χ4n) is 4.69. The average Bonchev–Trinajstić information content (AvgIpc) is 3.22. The third kappa shape index (κ3) is 4.38. The number of methoxy groups -OCH3 is 3. The number of ether oxygens (including phenoxy) is 5. The Morgan fingerprint density at radius 2 is 1.72 bits per heavy atom. The van der Waals surface area contributed by atoms with Crippen LogP contribution in [0.15, 0.2) is 54.3 Å². The summed E-state index contributed by atoms with van der Waals surface area (Å²) in [4.78, 5) is 15.5. The van der Waals surface area contributed by atoms with Gasteiger partial charge in [-0.2, -0.15) is 0 Å². The van der Waals surface area contributed by atoms with Gasteiger partial charge in [-0.1, -0.05) is 24.3 Å². The van der Waals surface area contributed by atoms with Crippen LogP contribution in [0, 0.1) is 6.92 Å². The first kappa shape index (κ1) is 23.8. The zero-order chi connectivity index (χ0) is 25.2. The Morgan fingerprint density at radius 3 is 2.50 bits per heavy atom. The molecular weight excluding hydrogens is 458 g/mol. The number of carbonyl (C=O) groups is 1. The van der Waals surface area contributed by atoms with Crippen molar-refractivity contribution in [2.24, 2.45) is 0 Å². The van der Waals surface area contributed by atoms with Crippen LogP contribution in [0.5, 0.6) is 28.7 Å². The molecule has 0 saturated heterocycles. The topological polar surface area (TPSA) is 66.5 Å². The van der Waals surface area contributed by atoms with Gasteiger partial charge < -0.3 is 23.7 Å². The second-order valence-electron chi connectivity index (χ2n) is 8.81. The van der Waals surface area contributed by atoms with E-state index in [9.17, 15) is 4.79 Å². The van der Waals surface area contributed by atoms with E-state index in [1.165, 1.54) is 0 Å². The molecule has 0 aliphatic carbocycles. The minimum atomic E-state index is -0.135. The molecule has 0 bridgehead atoms. The van der Waals surface area contributed by atoms with Gasteiger partial charge in [0.15, 0.2) is 17.3 Å². The lowest BCUT2D eigenvalue weighted by Gasteiger charge is -2.30. The predicted octanol–water partition coefficient (Wildman–Crippen LogP) is 5.03. The van der Waals surface area contributed by atoms with E-state index in [1.54, 1.807) is 27.4 Å². The molecule has 0 N–H and O–H groups in total. The highest BCUT2D eigenvalue weighted by atomic mass is 16.5. The molecule has 0 spiro atoms. The molecule has 0 saturated carbocycles. The Bertz CT molecular complexity index is 1350. The number of hydrogen-bond acceptors (Lipinski definition) is 7. The van der Waals surface area contributed by atoms with E-state index >= 15 is 0 Å². The molecule has 0 aromatic heterocycles. The molecule has 7 heteroatoms. The maximum atomic E-state index is 13.2. The SMILES string of the molecule is COc1ccccc1/C=C1\Oc2c(cc3c(c2C)OCN(CCc2ccc(OC)c(OC)c2)C3)C1=O. The summed E-state index contributed by atoms with van der Waals surface area (Å²) in [6.45, 7) is 3.90. The number of carbonyl (C=O) groups excluding carboxylic acids is 1. The van der Waals surface area contributed by atoms with Gasteiger partial charge >= 0.3 is 0 Å². The van der Waals surface area contributed by atoms with Crippen molar-refractivity contribution in [3.63, 3.8) is 0 Å². The minimum Gasteiger partial charge on any atom is -0.496 e. The lowest BCUT2D eigenvalue weighted by molar-refractivity contribution is 0.0953. The lowest BCUT2D eigenvalue weighted by Crippen LogP contribution is -2.34. The van der Waals surface area contributed by atoms with Crippen LogP contribution < -0.4 is 23.7 Å². The summed E-state index contributed by atoms with van der Waals surface area (Å²) < 4.78 is 28.3. The number of rotatable bonds is 7. The van der Waals surface area contributed by atoms with E-state index in [0.717, 1.165) is 46.7 Å². The maximum absolute atomic E-state index is 13.2. The van der Waals surface area contributed by atoms with Crippen molar-refractivity contribution in [1.29, 1.82) is 0 Å². The van der Waals surface area contributed by atoms with E-state index < -0.39 is 0 Å². The fraction of sp³-hybridized carbons (Fsp3) is 0.276. The number of ketones is 1. The molecule has 2 aliphatic heterocycles. The van der Waals surface area contributed by atoms with Crippen molar-refractivity contribution in [2.75, 3.05) is 34.6 Å². The van der Waals surface area contributed by atoms with Crippen LogP contribution >= 0.6 is 0 Å². The van der Waals surface area contributed by atoms with Crippen molar-refractivity contribution in [2.45, 2.75) is 19.9 Å². The quantitative estimate of drug-likeness (QED) is 0.433. The van der Waals surface area contributed by atoms with Gasteiger partial charge in [0.25, 0.3) is 0 Å².